The Kier molecular flexibility index (Phi) is 7.53. The molecule has 0 aliphatic carbocycles. The first kappa shape index (κ1) is 25.4. The van der Waals surface area contributed by atoms with Crippen molar-refractivity contribution >= 4 is 57.3 Å². The molecule has 4 aromatic rings. The van der Waals surface area contributed by atoms with Crippen LogP contribution in [0.15, 0.2) is 99.3 Å². The van der Waals surface area contributed by atoms with E-state index in [1.165, 1.54) is 36.4 Å². The standard InChI is InChI=1S/C26H17IN4O6/c27-21-11-15(3-8-22(21)31-30-18-7-10-24(33)20(13-18)26(36)37)14-1-4-16(5-2-14)28-29-17-6-9-23(32)19(12-17)25(34)35/h1-13,32-33H,(H,34,35)(H,36,37). The summed E-state index contributed by atoms with van der Waals surface area (Å²) in [6.07, 6.45) is 0. The van der Waals surface area contributed by atoms with Crippen LogP contribution >= 0.6 is 22.6 Å². The van der Waals surface area contributed by atoms with Crippen LogP contribution in [0.1, 0.15) is 20.7 Å². The highest BCUT2D eigenvalue weighted by Gasteiger charge is 2.11. The van der Waals surface area contributed by atoms with E-state index in [2.05, 4.69) is 43.0 Å². The number of hydrogen-bond acceptors (Lipinski definition) is 8. The molecule has 0 saturated carbocycles. The zero-order chi connectivity index (χ0) is 26.5. The van der Waals surface area contributed by atoms with Crippen LogP contribution in [0.4, 0.5) is 22.7 Å². The fourth-order valence-corrected chi connectivity index (χ4v) is 3.85. The van der Waals surface area contributed by atoms with E-state index < -0.39 is 11.9 Å². The van der Waals surface area contributed by atoms with Crippen molar-refractivity contribution < 1.29 is 30.0 Å². The topological polar surface area (TPSA) is 164 Å². The second kappa shape index (κ2) is 11.0. The van der Waals surface area contributed by atoms with Crippen molar-refractivity contribution in [2.24, 2.45) is 20.5 Å². The number of carboxylic acids is 2. The van der Waals surface area contributed by atoms with Crippen molar-refractivity contribution in [3.63, 3.8) is 0 Å². The van der Waals surface area contributed by atoms with Gasteiger partial charge in [-0.3, -0.25) is 0 Å². The third-order valence-electron chi connectivity index (χ3n) is 5.12. The first-order chi connectivity index (χ1) is 17.7. The molecular weight excluding hydrogens is 591 g/mol. The van der Waals surface area contributed by atoms with E-state index in [-0.39, 0.29) is 22.6 Å². The van der Waals surface area contributed by atoms with E-state index in [0.717, 1.165) is 14.7 Å². The maximum Gasteiger partial charge on any atom is 0.339 e. The maximum atomic E-state index is 11.2. The number of aromatic hydroxyl groups is 2. The Morgan fingerprint density at radius 2 is 1.03 bits per heavy atom. The molecule has 0 atom stereocenters. The van der Waals surface area contributed by atoms with Gasteiger partial charge in [0.25, 0.3) is 0 Å². The summed E-state index contributed by atoms with van der Waals surface area (Å²) in [7, 11) is 0. The van der Waals surface area contributed by atoms with Crippen molar-refractivity contribution in [3.05, 3.63) is 93.6 Å². The Balaban J connectivity index is 1.49. The van der Waals surface area contributed by atoms with Gasteiger partial charge in [-0.05, 0) is 94.4 Å². The molecule has 0 radical (unpaired) electrons. The van der Waals surface area contributed by atoms with Crippen molar-refractivity contribution in [1.82, 2.24) is 0 Å². The molecule has 37 heavy (non-hydrogen) atoms. The number of carboxylic acid groups (broad SMARTS) is 2. The van der Waals surface area contributed by atoms with Gasteiger partial charge in [-0.25, -0.2) is 9.59 Å². The molecule has 0 aliphatic heterocycles. The van der Waals surface area contributed by atoms with E-state index in [1.54, 1.807) is 18.2 Å². The number of halogens is 1. The van der Waals surface area contributed by atoms with Crippen LogP contribution in [0.25, 0.3) is 11.1 Å². The van der Waals surface area contributed by atoms with Crippen LogP contribution in [0.2, 0.25) is 0 Å². The number of carbonyl (C=O) groups is 2. The minimum absolute atomic E-state index is 0.252. The van der Waals surface area contributed by atoms with Gasteiger partial charge < -0.3 is 20.4 Å². The number of azo groups is 2. The van der Waals surface area contributed by atoms with Crippen LogP contribution in [0.3, 0.4) is 0 Å². The van der Waals surface area contributed by atoms with Crippen LogP contribution in [-0.2, 0) is 0 Å². The molecule has 11 heteroatoms. The van der Waals surface area contributed by atoms with Crippen molar-refractivity contribution in [2.75, 3.05) is 0 Å². The van der Waals surface area contributed by atoms with Gasteiger partial charge in [-0.15, -0.1) is 5.11 Å². The molecule has 0 aromatic heterocycles. The van der Waals surface area contributed by atoms with Gasteiger partial charge in [0.2, 0.25) is 0 Å². The molecule has 4 aromatic carbocycles. The third kappa shape index (κ3) is 6.13. The number of aromatic carboxylic acids is 2. The summed E-state index contributed by atoms with van der Waals surface area (Å²) in [5.41, 5.74) is 3.08. The highest BCUT2D eigenvalue weighted by atomic mass is 127. The van der Waals surface area contributed by atoms with Crippen LogP contribution in [0.5, 0.6) is 11.5 Å². The molecule has 10 nitrogen and oxygen atoms in total. The van der Waals surface area contributed by atoms with Crippen molar-refractivity contribution in [2.45, 2.75) is 0 Å². The maximum absolute atomic E-state index is 11.2. The molecule has 0 bridgehead atoms. The van der Waals surface area contributed by atoms with Gasteiger partial charge in [0.1, 0.15) is 22.6 Å². The molecule has 0 spiro atoms. The summed E-state index contributed by atoms with van der Waals surface area (Å²) in [4.78, 5) is 22.3. The number of rotatable bonds is 7. The summed E-state index contributed by atoms with van der Waals surface area (Å²) >= 11 is 2.13. The average Bonchev–Trinajstić information content (AvgIpc) is 2.88. The van der Waals surface area contributed by atoms with Gasteiger partial charge in [0.15, 0.2) is 0 Å². The lowest BCUT2D eigenvalue weighted by Gasteiger charge is -2.05. The van der Waals surface area contributed by atoms with E-state index in [1.807, 2.05) is 24.3 Å². The zero-order valence-electron chi connectivity index (χ0n) is 18.8. The van der Waals surface area contributed by atoms with Crippen molar-refractivity contribution in [1.29, 1.82) is 0 Å². The van der Waals surface area contributed by atoms with E-state index in [0.29, 0.717) is 22.7 Å². The predicted octanol–water partition coefficient (Wildman–Crippen LogP) is 7.60. The lowest BCUT2D eigenvalue weighted by Crippen LogP contribution is -1.95. The van der Waals surface area contributed by atoms with Gasteiger partial charge >= 0.3 is 11.9 Å². The first-order valence-corrected chi connectivity index (χ1v) is 11.7. The second-order valence-corrected chi connectivity index (χ2v) is 8.79. The number of benzene rings is 4. The van der Waals surface area contributed by atoms with Crippen LogP contribution in [0, 0.1) is 3.57 Å². The van der Waals surface area contributed by atoms with Crippen LogP contribution in [-0.4, -0.2) is 32.4 Å². The smallest absolute Gasteiger partial charge is 0.339 e. The fourth-order valence-electron chi connectivity index (χ4n) is 3.23. The quantitative estimate of drug-likeness (QED) is 0.125. The normalized spacial score (nSPS) is 11.3. The summed E-state index contributed by atoms with van der Waals surface area (Å²) < 4.78 is 0.821. The average molecular weight is 608 g/mol. The first-order valence-electron chi connectivity index (χ1n) is 10.6. The zero-order valence-corrected chi connectivity index (χ0v) is 20.9. The highest BCUT2D eigenvalue weighted by molar-refractivity contribution is 14.1. The van der Waals surface area contributed by atoms with E-state index in [4.69, 9.17) is 10.2 Å². The summed E-state index contributed by atoms with van der Waals surface area (Å²) in [5.74, 6) is -3.20. The molecule has 0 aliphatic rings. The van der Waals surface area contributed by atoms with Gasteiger partial charge in [-0.2, -0.15) is 15.3 Å². The highest BCUT2D eigenvalue weighted by Crippen LogP contribution is 2.32. The summed E-state index contributed by atoms with van der Waals surface area (Å²) in [6.45, 7) is 0. The summed E-state index contributed by atoms with van der Waals surface area (Å²) in [5, 5.41) is 53.9. The van der Waals surface area contributed by atoms with Crippen molar-refractivity contribution in [3.8, 4) is 22.6 Å². The fraction of sp³-hybridized carbons (Fsp3) is 0. The Morgan fingerprint density at radius 1 is 0.568 bits per heavy atom. The monoisotopic (exact) mass is 608 g/mol. The third-order valence-corrected chi connectivity index (χ3v) is 5.99. The molecule has 0 saturated heterocycles. The minimum Gasteiger partial charge on any atom is -0.507 e. The lowest BCUT2D eigenvalue weighted by molar-refractivity contribution is 0.0682. The van der Waals surface area contributed by atoms with Gasteiger partial charge in [-0.1, -0.05) is 18.2 Å². The molecule has 4 N–H and O–H groups in total. The number of hydrogen-bond donors (Lipinski definition) is 4. The Bertz CT molecular complexity index is 1570. The van der Waals surface area contributed by atoms with E-state index >= 15 is 0 Å². The molecule has 0 heterocycles. The second-order valence-electron chi connectivity index (χ2n) is 7.63. The number of phenols is 2. The predicted molar refractivity (Wildman–Crippen MR) is 143 cm³/mol. The van der Waals surface area contributed by atoms with Crippen LogP contribution < -0.4 is 0 Å². The van der Waals surface area contributed by atoms with Gasteiger partial charge in [0, 0.05) is 3.57 Å². The molecule has 0 unspecified atom stereocenters. The van der Waals surface area contributed by atoms with E-state index in [9.17, 15) is 19.8 Å². The molecule has 4 rings (SSSR count). The Hall–Kier alpha value is -4.65. The number of nitrogens with zero attached hydrogens (tertiary/aromatic N) is 4. The summed E-state index contributed by atoms with van der Waals surface area (Å²) in [6, 6.07) is 20.8. The lowest BCUT2D eigenvalue weighted by atomic mass is 10.1. The molecule has 0 amide bonds. The minimum atomic E-state index is -1.26. The largest absolute Gasteiger partial charge is 0.507 e. The molecule has 0 fully saturated rings. The Morgan fingerprint density at radius 3 is 1.54 bits per heavy atom. The molecular formula is C26H17IN4O6. The molecule has 184 valence electrons. The Labute approximate surface area is 223 Å². The SMILES string of the molecule is O=C(O)c1cc(N=Nc2ccc(-c3ccc(N=Nc4ccc(O)c(C(=O)O)c4)c(I)c3)cc2)ccc1O. The van der Waals surface area contributed by atoms with Gasteiger partial charge in [0.05, 0.1) is 22.7 Å².